The molecule has 0 saturated heterocycles. The highest BCUT2D eigenvalue weighted by molar-refractivity contribution is 6.04. The Hall–Kier alpha value is -3.14. The van der Waals surface area contributed by atoms with Gasteiger partial charge in [-0.15, -0.1) is 0 Å². The molecule has 0 spiro atoms. The normalized spacial score (nSPS) is 10.2. The van der Waals surface area contributed by atoms with Gasteiger partial charge >= 0.3 is 0 Å². The van der Waals surface area contributed by atoms with Gasteiger partial charge in [-0.3, -0.25) is 9.78 Å². The van der Waals surface area contributed by atoms with Gasteiger partial charge in [0.2, 0.25) is 0 Å². The van der Waals surface area contributed by atoms with Crippen LogP contribution in [0.1, 0.15) is 21.6 Å². The number of ether oxygens (including phenoxy) is 1. The maximum Gasteiger partial charge on any atom is 0.255 e. The number of hydrogen-bond acceptors (Lipinski definition) is 3. The average Bonchev–Trinajstić information content (AvgIpc) is 2.61. The second-order valence-electron chi connectivity index (χ2n) is 5.44. The number of carbonyl (C=O) groups excluding carboxylic acids is 1. The van der Waals surface area contributed by atoms with Crippen molar-refractivity contribution < 1.29 is 9.53 Å². The Bertz CT molecular complexity index is 815. The number of amides is 1. The number of aryl methyl sites for hydroxylation is 1. The third-order valence-corrected chi connectivity index (χ3v) is 3.52. The minimum atomic E-state index is -0.157. The van der Waals surface area contributed by atoms with Gasteiger partial charge in [0, 0.05) is 23.1 Å². The lowest BCUT2D eigenvalue weighted by Gasteiger charge is -2.08. The van der Waals surface area contributed by atoms with Crippen molar-refractivity contribution in [3.63, 3.8) is 0 Å². The Balaban J connectivity index is 1.60. The molecule has 0 aliphatic heterocycles. The van der Waals surface area contributed by atoms with Crippen LogP contribution in [-0.4, -0.2) is 10.9 Å². The molecule has 3 aromatic rings. The summed E-state index contributed by atoms with van der Waals surface area (Å²) in [6.45, 7) is 2.39. The maximum absolute atomic E-state index is 12.2. The summed E-state index contributed by atoms with van der Waals surface area (Å²) in [5, 5.41) is 2.86. The fourth-order valence-corrected chi connectivity index (χ4v) is 2.27. The predicted molar refractivity (Wildman–Crippen MR) is 94.1 cm³/mol. The second kappa shape index (κ2) is 7.42. The first-order valence-electron chi connectivity index (χ1n) is 7.71. The molecule has 0 atom stereocenters. The molecule has 1 aromatic heterocycles. The molecule has 24 heavy (non-hydrogen) atoms. The van der Waals surface area contributed by atoms with Crippen molar-refractivity contribution in [1.29, 1.82) is 0 Å². The van der Waals surface area contributed by atoms with E-state index < -0.39 is 0 Å². The smallest absolute Gasteiger partial charge is 0.255 e. The van der Waals surface area contributed by atoms with Crippen molar-refractivity contribution in [3.05, 3.63) is 89.7 Å². The number of nitrogens with one attached hydrogen (secondary N) is 1. The van der Waals surface area contributed by atoms with E-state index in [0.29, 0.717) is 12.2 Å². The van der Waals surface area contributed by atoms with Gasteiger partial charge in [-0.2, -0.15) is 0 Å². The van der Waals surface area contributed by atoms with Gasteiger partial charge in [-0.1, -0.05) is 30.3 Å². The summed E-state index contributed by atoms with van der Waals surface area (Å²) in [7, 11) is 0. The van der Waals surface area contributed by atoms with Crippen LogP contribution in [-0.2, 0) is 6.61 Å². The van der Waals surface area contributed by atoms with Crippen LogP contribution in [0.5, 0.6) is 5.75 Å². The molecule has 2 aromatic carbocycles. The number of pyridine rings is 1. The van der Waals surface area contributed by atoms with E-state index in [1.807, 2.05) is 43.3 Å². The summed E-state index contributed by atoms with van der Waals surface area (Å²) >= 11 is 0. The van der Waals surface area contributed by atoms with Crippen LogP contribution in [0.3, 0.4) is 0 Å². The minimum Gasteiger partial charge on any atom is -0.489 e. The van der Waals surface area contributed by atoms with E-state index in [9.17, 15) is 4.79 Å². The van der Waals surface area contributed by atoms with Crippen molar-refractivity contribution in [2.75, 3.05) is 5.32 Å². The summed E-state index contributed by atoms with van der Waals surface area (Å²) in [6, 6.07) is 20.7. The van der Waals surface area contributed by atoms with E-state index in [1.165, 1.54) is 0 Å². The first kappa shape index (κ1) is 15.7. The van der Waals surface area contributed by atoms with Gasteiger partial charge in [0.05, 0.1) is 0 Å². The molecule has 3 rings (SSSR count). The molecular weight excluding hydrogens is 300 g/mol. The Morgan fingerprint density at radius 2 is 1.79 bits per heavy atom. The SMILES string of the molecule is Cc1cc(NC(=O)c2ccc(OCc3ccccc3)cc2)ccn1. The summed E-state index contributed by atoms with van der Waals surface area (Å²) in [5.74, 6) is 0.574. The molecule has 4 heteroatoms. The highest BCUT2D eigenvalue weighted by Crippen LogP contribution is 2.16. The fraction of sp³-hybridized carbons (Fsp3) is 0.100. The van der Waals surface area contributed by atoms with Crippen LogP contribution in [0.4, 0.5) is 5.69 Å². The third kappa shape index (κ3) is 4.20. The van der Waals surface area contributed by atoms with E-state index in [1.54, 1.807) is 36.5 Å². The van der Waals surface area contributed by atoms with Gasteiger partial charge in [-0.05, 0) is 48.9 Å². The molecule has 0 aliphatic carbocycles. The van der Waals surface area contributed by atoms with Crippen molar-refractivity contribution >= 4 is 11.6 Å². The molecular formula is C20H18N2O2. The predicted octanol–water partition coefficient (Wildman–Crippen LogP) is 4.22. The van der Waals surface area contributed by atoms with Crippen LogP contribution >= 0.6 is 0 Å². The molecule has 1 heterocycles. The zero-order valence-corrected chi connectivity index (χ0v) is 13.4. The third-order valence-electron chi connectivity index (χ3n) is 3.52. The largest absolute Gasteiger partial charge is 0.489 e. The highest BCUT2D eigenvalue weighted by atomic mass is 16.5. The summed E-state index contributed by atoms with van der Waals surface area (Å²) < 4.78 is 5.72. The maximum atomic E-state index is 12.2. The lowest BCUT2D eigenvalue weighted by molar-refractivity contribution is 0.102. The van der Waals surface area contributed by atoms with E-state index >= 15 is 0 Å². The van der Waals surface area contributed by atoms with Gasteiger partial charge in [0.1, 0.15) is 12.4 Å². The number of rotatable bonds is 5. The van der Waals surface area contributed by atoms with Crippen molar-refractivity contribution in [2.24, 2.45) is 0 Å². The monoisotopic (exact) mass is 318 g/mol. The van der Waals surface area contributed by atoms with Crippen LogP contribution < -0.4 is 10.1 Å². The Morgan fingerprint density at radius 3 is 2.50 bits per heavy atom. The summed E-state index contributed by atoms with van der Waals surface area (Å²) in [4.78, 5) is 16.4. The lowest BCUT2D eigenvalue weighted by Crippen LogP contribution is -2.12. The number of carbonyl (C=O) groups is 1. The van der Waals surface area contributed by atoms with Crippen molar-refractivity contribution in [2.45, 2.75) is 13.5 Å². The Labute approximate surface area is 141 Å². The highest BCUT2D eigenvalue weighted by Gasteiger charge is 2.06. The molecule has 0 fully saturated rings. The van der Waals surface area contributed by atoms with Gasteiger partial charge in [0.25, 0.3) is 5.91 Å². The fourth-order valence-electron chi connectivity index (χ4n) is 2.27. The molecule has 0 bridgehead atoms. The van der Waals surface area contributed by atoms with E-state index in [-0.39, 0.29) is 5.91 Å². The number of anilines is 1. The number of hydrogen-bond donors (Lipinski definition) is 1. The second-order valence-corrected chi connectivity index (χ2v) is 5.44. The molecule has 1 N–H and O–H groups in total. The first-order valence-corrected chi connectivity index (χ1v) is 7.71. The number of benzene rings is 2. The number of aromatic nitrogens is 1. The van der Waals surface area contributed by atoms with E-state index in [0.717, 1.165) is 22.7 Å². The lowest BCUT2D eigenvalue weighted by atomic mass is 10.2. The van der Waals surface area contributed by atoms with Gasteiger partial charge in [0.15, 0.2) is 0 Å². The molecule has 0 saturated carbocycles. The van der Waals surface area contributed by atoms with Crippen LogP contribution in [0.25, 0.3) is 0 Å². The number of nitrogens with zero attached hydrogens (tertiary/aromatic N) is 1. The van der Waals surface area contributed by atoms with Crippen LogP contribution in [0, 0.1) is 6.92 Å². The van der Waals surface area contributed by atoms with Crippen molar-refractivity contribution in [3.8, 4) is 5.75 Å². The molecule has 120 valence electrons. The minimum absolute atomic E-state index is 0.157. The Morgan fingerprint density at radius 1 is 1.04 bits per heavy atom. The Kier molecular flexibility index (Phi) is 4.87. The molecule has 0 aliphatic rings. The zero-order chi connectivity index (χ0) is 16.8. The molecule has 4 nitrogen and oxygen atoms in total. The first-order chi connectivity index (χ1) is 11.7. The standard InChI is InChI=1S/C20H18N2O2/c1-15-13-18(11-12-21-15)22-20(23)17-7-9-19(10-8-17)24-14-16-5-3-2-4-6-16/h2-13H,14H2,1H3,(H,21,22,23). The van der Waals surface area contributed by atoms with E-state index in [4.69, 9.17) is 4.74 Å². The van der Waals surface area contributed by atoms with E-state index in [2.05, 4.69) is 10.3 Å². The average molecular weight is 318 g/mol. The molecule has 1 amide bonds. The summed E-state index contributed by atoms with van der Waals surface area (Å²) in [5.41, 5.74) is 3.28. The van der Waals surface area contributed by atoms with Gasteiger partial charge < -0.3 is 10.1 Å². The topological polar surface area (TPSA) is 51.2 Å². The molecule has 0 unspecified atom stereocenters. The van der Waals surface area contributed by atoms with Crippen LogP contribution in [0.15, 0.2) is 72.9 Å². The van der Waals surface area contributed by atoms with Crippen molar-refractivity contribution in [1.82, 2.24) is 4.98 Å². The van der Waals surface area contributed by atoms with Crippen LogP contribution in [0.2, 0.25) is 0 Å². The van der Waals surface area contributed by atoms with Gasteiger partial charge in [-0.25, -0.2) is 0 Å². The quantitative estimate of drug-likeness (QED) is 0.766. The zero-order valence-electron chi connectivity index (χ0n) is 13.4. The summed E-state index contributed by atoms with van der Waals surface area (Å²) in [6.07, 6.45) is 1.67. The molecule has 0 radical (unpaired) electrons.